The number of nitrogen functional groups attached to an aromatic ring is 1. The summed E-state index contributed by atoms with van der Waals surface area (Å²) in [6.07, 6.45) is 0. The van der Waals surface area contributed by atoms with Gasteiger partial charge in [0.15, 0.2) is 0 Å². The quantitative estimate of drug-likeness (QED) is 0.464. The maximum atomic E-state index is 10.5. The van der Waals surface area contributed by atoms with Gasteiger partial charge in [0, 0.05) is 81.6 Å². The molecule has 0 atom stereocenters. The normalized spacial score (nSPS) is 17.4. The van der Waals surface area contributed by atoms with Crippen LogP contribution >= 0.6 is 0 Å². The number of non-ortho nitro benzene ring substituents is 1. The van der Waals surface area contributed by atoms with E-state index < -0.39 is 0 Å². The highest BCUT2D eigenvalue weighted by Gasteiger charge is 2.14. The van der Waals surface area contributed by atoms with Crippen LogP contribution in [0.2, 0.25) is 0 Å². The number of nitrogens with two attached hydrogens (primary N) is 1. The van der Waals surface area contributed by atoms with Crippen LogP contribution in [0.3, 0.4) is 0 Å². The first-order valence-electron chi connectivity index (χ1n) is 10.0. The zero-order valence-electron chi connectivity index (χ0n) is 17.0. The number of nitrogens with zero attached hydrogens (tertiary/aromatic N) is 4. The molecule has 8 heteroatoms. The number of anilines is 3. The fourth-order valence-electron chi connectivity index (χ4n) is 3.46. The third-order valence-electron chi connectivity index (χ3n) is 5.30. The topological polar surface area (TPSA) is 90.9 Å². The van der Waals surface area contributed by atoms with Gasteiger partial charge in [-0.15, -0.1) is 0 Å². The van der Waals surface area contributed by atoms with Crippen LogP contribution in [0, 0.1) is 10.1 Å². The summed E-state index contributed by atoms with van der Waals surface area (Å²) in [5, 5.41) is 13.7. The Hall–Kier alpha value is -2.84. The molecule has 0 spiro atoms. The second-order valence-electron chi connectivity index (χ2n) is 7.39. The van der Waals surface area contributed by atoms with Gasteiger partial charge in [-0.3, -0.25) is 10.1 Å². The molecule has 2 aromatic carbocycles. The zero-order chi connectivity index (χ0) is 20.6. The summed E-state index contributed by atoms with van der Waals surface area (Å²) < 4.78 is 0. The lowest BCUT2D eigenvalue weighted by molar-refractivity contribution is -0.384. The van der Waals surface area contributed by atoms with Gasteiger partial charge in [-0.2, -0.15) is 0 Å². The van der Waals surface area contributed by atoms with Crippen molar-refractivity contribution in [3.63, 3.8) is 0 Å². The van der Waals surface area contributed by atoms with E-state index in [1.54, 1.807) is 12.1 Å². The maximum Gasteiger partial charge on any atom is 0.269 e. The van der Waals surface area contributed by atoms with Gasteiger partial charge in [0.25, 0.3) is 5.69 Å². The van der Waals surface area contributed by atoms with Crippen molar-refractivity contribution in [3.8, 4) is 0 Å². The van der Waals surface area contributed by atoms with Gasteiger partial charge in [0.2, 0.25) is 0 Å². The van der Waals surface area contributed by atoms with E-state index in [9.17, 15) is 10.1 Å². The molecular weight excluding hydrogens is 368 g/mol. The van der Waals surface area contributed by atoms with Gasteiger partial charge in [-0.1, -0.05) is 0 Å². The van der Waals surface area contributed by atoms with Gasteiger partial charge in [0.1, 0.15) is 0 Å². The molecule has 2 aliphatic heterocycles. The van der Waals surface area contributed by atoms with Crippen LogP contribution in [0.4, 0.5) is 22.7 Å². The zero-order valence-corrected chi connectivity index (χ0v) is 17.0. The summed E-state index contributed by atoms with van der Waals surface area (Å²) in [5.74, 6) is 0. The lowest BCUT2D eigenvalue weighted by atomic mass is 10.2. The molecule has 0 amide bonds. The molecule has 156 valence electrons. The molecule has 0 radical (unpaired) electrons. The van der Waals surface area contributed by atoms with Crippen molar-refractivity contribution < 1.29 is 4.92 Å². The van der Waals surface area contributed by atoms with Crippen LogP contribution in [0.15, 0.2) is 48.5 Å². The van der Waals surface area contributed by atoms with Crippen molar-refractivity contribution in [1.29, 1.82) is 0 Å². The Morgan fingerprint density at radius 3 is 1.83 bits per heavy atom. The van der Waals surface area contributed by atoms with Crippen molar-refractivity contribution in [2.24, 2.45) is 0 Å². The van der Waals surface area contributed by atoms with E-state index in [-0.39, 0.29) is 10.6 Å². The number of benzene rings is 2. The molecule has 29 heavy (non-hydrogen) atoms. The average Bonchev–Trinajstić information content (AvgIpc) is 2.76. The van der Waals surface area contributed by atoms with Crippen molar-refractivity contribution in [2.75, 3.05) is 74.9 Å². The molecule has 8 nitrogen and oxygen atoms in total. The largest absolute Gasteiger partial charge is 0.399 e. The molecule has 2 saturated heterocycles. The van der Waals surface area contributed by atoms with Crippen LogP contribution in [-0.4, -0.2) is 69.2 Å². The predicted molar refractivity (Wildman–Crippen MR) is 119 cm³/mol. The molecule has 0 saturated carbocycles. The van der Waals surface area contributed by atoms with Crippen molar-refractivity contribution in [2.45, 2.75) is 0 Å². The van der Waals surface area contributed by atoms with Crippen molar-refractivity contribution in [1.82, 2.24) is 10.2 Å². The maximum absolute atomic E-state index is 10.5. The highest BCUT2D eigenvalue weighted by molar-refractivity contribution is 5.53. The number of nitrogens with one attached hydrogen (secondary N) is 1. The summed E-state index contributed by atoms with van der Waals surface area (Å²) in [6, 6.07) is 14.9. The molecule has 2 heterocycles. The number of nitro groups is 1. The number of likely N-dealkylation sites (N-methyl/N-ethyl adjacent to an activating group) is 1. The minimum atomic E-state index is -0.373. The van der Waals surface area contributed by atoms with E-state index in [2.05, 4.69) is 39.2 Å². The van der Waals surface area contributed by atoms with Gasteiger partial charge >= 0.3 is 0 Å². The second kappa shape index (κ2) is 10.1. The number of nitro benzene ring substituents is 1. The number of hydrogen-bond acceptors (Lipinski definition) is 7. The Morgan fingerprint density at radius 1 is 0.828 bits per heavy atom. The molecule has 0 aliphatic carbocycles. The number of hydrogen-bond donors (Lipinski definition) is 2. The molecule has 2 aromatic rings. The molecule has 4 rings (SSSR count). The molecule has 0 aromatic heterocycles. The fourth-order valence-corrected chi connectivity index (χ4v) is 3.46. The van der Waals surface area contributed by atoms with E-state index in [1.165, 1.54) is 5.69 Å². The third kappa shape index (κ3) is 6.07. The number of rotatable bonds is 3. The Labute approximate surface area is 172 Å². The van der Waals surface area contributed by atoms with E-state index in [4.69, 9.17) is 5.73 Å². The molecular formula is C21H30N6O2. The predicted octanol–water partition coefficient (Wildman–Crippen LogP) is 2.02. The van der Waals surface area contributed by atoms with Crippen LogP contribution < -0.4 is 20.9 Å². The summed E-state index contributed by atoms with van der Waals surface area (Å²) in [4.78, 5) is 17.1. The third-order valence-corrected chi connectivity index (χ3v) is 5.30. The smallest absolute Gasteiger partial charge is 0.269 e. The SMILES string of the molecule is CN1CCN(c2ccc(N)cc2)CC1.O=[N+]([O-])c1ccc(N2CCNCC2)cc1. The monoisotopic (exact) mass is 398 g/mol. The minimum Gasteiger partial charge on any atom is -0.399 e. The molecule has 0 bridgehead atoms. The van der Waals surface area contributed by atoms with Gasteiger partial charge < -0.3 is 25.8 Å². The van der Waals surface area contributed by atoms with E-state index in [1.807, 2.05) is 24.3 Å². The lowest BCUT2D eigenvalue weighted by Crippen LogP contribution is -2.44. The summed E-state index contributed by atoms with van der Waals surface area (Å²) in [5.41, 5.74) is 8.98. The lowest BCUT2D eigenvalue weighted by Gasteiger charge is -2.34. The first-order valence-corrected chi connectivity index (χ1v) is 10.0. The molecule has 3 N–H and O–H groups in total. The minimum absolute atomic E-state index is 0.147. The summed E-state index contributed by atoms with van der Waals surface area (Å²) >= 11 is 0. The van der Waals surface area contributed by atoms with Gasteiger partial charge in [-0.25, -0.2) is 0 Å². The van der Waals surface area contributed by atoms with Crippen molar-refractivity contribution in [3.05, 3.63) is 58.6 Å². The van der Waals surface area contributed by atoms with E-state index in [0.29, 0.717) is 0 Å². The Balaban J connectivity index is 0.000000166. The first-order chi connectivity index (χ1) is 14.0. The average molecular weight is 399 g/mol. The second-order valence-corrected chi connectivity index (χ2v) is 7.39. The molecule has 2 aliphatic rings. The Bertz CT molecular complexity index is 767. The number of piperazine rings is 2. The Morgan fingerprint density at radius 2 is 1.31 bits per heavy atom. The standard InChI is InChI=1S/C11H17N3.C10H13N3O2/c1-13-6-8-14(9-7-13)11-4-2-10(12)3-5-11;14-13(15)10-3-1-9(2-4-10)12-7-5-11-6-8-12/h2-5H,6-9,12H2,1H3;1-4,11H,5-8H2. The summed E-state index contributed by atoms with van der Waals surface area (Å²) in [6.45, 7) is 8.36. The highest BCUT2D eigenvalue weighted by atomic mass is 16.6. The van der Waals surface area contributed by atoms with Gasteiger partial charge in [-0.05, 0) is 43.4 Å². The van der Waals surface area contributed by atoms with Crippen LogP contribution in [0.25, 0.3) is 0 Å². The Kier molecular flexibility index (Phi) is 7.26. The fraction of sp³-hybridized carbons (Fsp3) is 0.429. The van der Waals surface area contributed by atoms with Crippen LogP contribution in [0.5, 0.6) is 0 Å². The van der Waals surface area contributed by atoms with Gasteiger partial charge in [0.05, 0.1) is 4.92 Å². The molecule has 0 unspecified atom stereocenters. The highest BCUT2D eigenvalue weighted by Crippen LogP contribution is 2.19. The van der Waals surface area contributed by atoms with Crippen LogP contribution in [-0.2, 0) is 0 Å². The van der Waals surface area contributed by atoms with Crippen LogP contribution in [0.1, 0.15) is 0 Å². The van der Waals surface area contributed by atoms with E-state index in [0.717, 1.165) is 63.7 Å². The summed E-state index contributed by atoms with van der Waals surface area (Å²) in [7, 11) is 2.17. The van der Waals surface area contributed by atoms with E-state index >= 15 is 0 Å². The molecule has 2 fully saturated rings. The first kappa shape index (κ1) is 20.9. The van der Waals surface area contributed by atoms with Crippen molar-refractivity contribution >= 4 is 22.7 Å².